The van der Waals surface area contributed by atoms with Gasteiger partial charge in [-0.15, -0.1) is 0 Å². The third-order valence-corrected chi connectivity index (χ3v) is 7.43. The van der Waals surface area contributed by atoms with Crippen molar-refractivity contribution >= 4 is 34.8 Å². The highest BCUT2D eigenvalue weighted by molar-refractivity contribution is 6.75. The lowest BCUT2D eigenvalue weighted by Crippen LogP contribution is -2.39. The van der Waals surface area contributed by atoms with Crippen LogP contribution in [0, 0.1) is 0 Å². The molecule has 0 saturated carbocycles. The number of benzene rings is 4. The molecular weight excluding hydrogens is 529 g/mol. The number of pyridine rings is 1. The molecule has 6 rings (SSSR count). The molecule has 0 radical (unpaired) electrons. The molecule has 0 aliphatic heterocycles. The number of allylic oxidation sites excluding steroid dienone is 4. The Labute approximate surface area is 253 Å². The Kier molecular flexibility index (Phi) is 9.76. The van der Waals surface area contributed by atoms with Crippen LogP contribution in [0.15, 0.2) is 145 Å². The summed E-state index contributed by atoms with van der Waals surface area (Å²) in [5.41, 5.74) is 5.55. The van der Waals surface area contributed by atoms with Gasteiger partial charge in [-0.1, -0.05) is 135 Å². The number of para-hydroxylation sites is 1. The van der Waals surface area contributed by atoms with Gasteiger partial charge in [0.25, 0.3) is 0 Å². The van der Waals surface area contributed by atoms with E-state index in [4.69, 9.17) is 4.65 Å². The zero-order valence-electron chi connectivity index (χ0n) is 24.6. The summed E-state index contributed by atoms with van der Waals surface area (Å²) in [5, 5.41) is 0.998. The van der Waals surface area contributed by atoms with Crippen LogP contribution in [0.5, 0.6) is 5.75 Å². The monoisotopic (exact) mass is 563 g/mol. The van der Waals surface area contributed by atoms with Crippen LogP contribution in [0.2, 0.25) is 0 Å². The third-order valence-electron chi connectivity index (χ3n) is 7.43. The van der Waals surface area contributed by atoms with E-state index in [0.717, 1.165) is 40.3 Å². The SMILES string of the molecule is CC.O=C(C1=CC=C(B(Oc2cccc3cccnc23)c2ccc(C(=O)c3ccccc3)cc2)CCC1)c1ccccc1. The fourth-order valence-corrected chi connectivity index (χ4v) is 5.26. The Morgan fingerprint density at radius 3 is 1.98 bits per heavy atom. The summed E-state index contributed by atoms with van der Waals surface area (Å²) in [4.78, 5) is 30.8. The first kappa shape index (κ1) is 29.5. The fourth-order valence-electron chi connectivity index (χ4n) is 5.26. The Bertz CT molecular complexity index is 1760. The standard InChI is InChI=1S/C36H28BNO3.C2H6/c39-35(27-10-3-1-4-11-27)29-15-7-17-31(22-19-29)37(41-33-18-8-14-26-16-9-25-38-34(26)33)32-23-20-30(21-24-32)36(40)28-12-5-2-6-13-28;1-2/h1-6,8-14,16,18-25H,7,15,17H2;1-2H3. The molecule has 0 spiro atoms. The minimum absolute atomic E-state index is 0.0199. The van der Waals surface area contributed by atoms with Gasteiger partial charge in [-0.25, -0.2) is 0 Å². The minimum Gasteiger partial charge on any atom is -0.550 e. The van der Waals surface area contributed by atoms with Gasteiger partial charge in [0.05, 0.1) is 0 Å². The number of nitrogens with zero attached hydrogens (tertiary/aromatic N) is 1. The average Bonchev–Trinajstić information content (AvgIpc) is 3.35. The van der Waals surface area contributed by atoms with Gasteiger partial charge in [0.15, 0.2) is 11.6 Å². The van der Waals surface area contributed by atoms with Gasteiger partial charge in [0.1, 0.15) is 11.3 Å². The summed E-state index contributed by atoms with van der Waals surface area (Å²) in [6.45, 7) is 3.59. The van der Waals surface area contributed by atoms with Gasteiger partial charge >= 0.3 is 6.92 Å². The van der Waals surface area contributed by atoms with E-state index in [1.165, 1.54) is 0 Å². The van der Waals surface area contributed by atoms with E-state index in [9.17, 15) is 9.59 Å². The Morgan fingerprint density at radius 1 is 0.651 bits per heavy atom. The van der Waals surface area contributed by atoms with Crippen LogP contribution in [0.25, 0.3) is 10.9 Å². The maximum absolute atomic E-state index is 13.2. The molecule has 4 aromatic carbocycles. The molecule has 212 valence electrons. The van der Waals surface area contributed by atoms with E-state index >= 15 is 0 Å². The predicted molar refractivity (Wildman–Crippen MR) is 176 cm³/mol. The maximum atomic E-state index is 13.2. The van der Waals surface area contributed by atoms with Crippen molar-refractivity contribution < 1.29 is 14.2 Å². The lowest BCUT2D eigenvalue weighted by atomic mass is 9.53. The Morgan fingerprint density at radius 2 is 1.28 bits per heavy atom. The van der Waals surface area contributed by atoms with Crippen molar-refractivity contribution in [2.24, 2.45) is 0 Å². The molecule has 5 heteroatoms. The van der Waals surface area contributed by atoms with Gasteiger partial charge in [-0.2, -0.15) is 0 Å². The van der Waals surface area contributed by atoms with Crippen LogP contribution in [0.1, 0.15) is 59.4 Å². The van der Waals surface area contributed by atoms with Crippen LogP contribution >= 0.6 is 0 Å². The van der Waals surface area contributed by atoms with Crippen LogP contribution in [0.3, 0.4) is 0 Å². The topological polar surface area (TPSA) is 56.3 Å². The normalized spacial score (nSPS) is 12.6. The summed E-state index contributed by atoms with van der Waals surface area (Å²) in [6, 6.07) is 36.2. The molecule has 0 atom stereocenters. The Hall–Kier alpha value is -5.03. The van der Waals surface area contributed by atoms with Crippen LogP contribution in [-0.2, 0) is 0 Å². The quantitative estimate of drug-likeness (QED) is 0.141. The van der Waals surface area contributed by atoms with Gasteiger partial charge < -0.3 is 4.65 Å². The highest BCUT2D eigenvalue weighted by Gasteiger charge is 2.28. The molecule has 5 aromatic rings. The number of hydrogen-bond acceptors (Lipinski definition) is 4. The van der Waals surface area contributed by atoms with Crippen LogP contribution < -0.4 is 10.1 Å². The van der Waals surface area contributed by atoms with Gasteiger partial charge in [0.2, 0.25) is 0 Å². The third kappa shape index (κ3) is 6.90. The highest BCUT2D eigenvalue weighted by atomic mass is 16.4. The number of ketones is 2. The molecule has 1 aliphatic rings. The molecule has 0 unspecified atom stereocenters. The van der Waals surface area contributed by atoms with E-state index in [2.05, 4.69) is 4.98 Å². The van der Waals surface area contributed by atoms with Gasteiger partial charge in [-0.05, 0) is 36.9 Å². The molecule has 0 N–H and O–H groups in total. The van der Waals surface area contributed by atoms with Crippen molar-refractivity contribution in [2.45, 2.75) is 33.1 Å². The van der Waals surface area contributed by atoms with Crippen molar-refractivity contribution in [2.75, 3.05) is 0 Å². The predicted octanol–water partition coefficient (Wildman–Crippen LogP) is 8.23. The summed E-state index contributed by atoms with van der Waals surface area (Å²) < 4.78 is 6.74. The lowest BCUT2D eigenvalue weighted by molar-refractivity contribution is 0.102. The molecule has 0 bridgehead atoms. The second kappa shape index (κ2) is 14.2. The smallest absolute Gasteiger partial charge is 0.422 e. The summed E-state index contributed by atoms with van der Waals surface area (Å²) >= 11 is 0. The van der Waals surface area contributed by atoms with Crippen LogP contribution in [-0.4, -0.2) is 23.5 Å². The van der Waals surface area contributed by atoms with Crippen LogP contribution in [0.4, 0.5) is 0 Å². The van der Waals surface area contributed by atoms with Crippen molar-refractivity contribution in [1.82, 2.24) is 4.98 Å². The summed E-state index contributed by atoms with van der Waals surface area (Å²) in [6.07, 6.45) is 8.05. The zero-order chi connectivity index (χ0) is 30.0. The number of Topliss-reactive ketones (excluding diaryl/α,β-unsaturated/α-hetero) is 1. The molecule has 4 nitrogen and oxygen atoms in total. The first-order chi connectivity index (χ1) is 21.2. The second-order valence-electron chi connectivity index (χ2n) is 10.1. The minimum atomic E-state index is -0.411. The van der Waals surface area contributed by atoms with E-state index < -0.39 is 6.92 Å². The van der Waals surface area contributed by atoms with Gasteiger partial charge in [0, 0.05) is 33.8 Å². The van der Waals surface area contributed by atoms with E-state index in [-0.39, 0.29) is 11.6 Å². The van der Waals surface area contributed by atoms with Crippen molar-refractivity contribution in [3.8, 4) is 5.75 Å². The maximum Gasteiger partial charge on any atom is 0.422 e. The number of aromatic nitrogens is 1. The Balaban J connectivity index is 0.00000180. The van der Waals surface area contributed by atoms with E-state index in [0.29, 0.717) is 28.9 Å². The van der Waals surface area contributed by atoms with E-state index in [1.807, 2.05) is 141 Å². The molecule has 1 heterocycles. The molecule has 0 saturated heterocycles. The number of rotatable bonds is 8. The number of carbonyl (C=O) groups excluding carboxylic acids is 2. The van der Waals surface area contributed by atoms with Crippen molar-refractivity contribution in [1.29, 1.82) is 0 Å². The second-order valence-corrected chi connectivity index (χ2v) is 10.1. The lowest BCUT2D eigenvalue weighted by Gasteiger charge is -2.20. The molecule has 0 amide bonds. The number of carbonyl (C=O) groups is 2. The molecule has 1 aliphatic carbocycles. The molecule has 0 fully saturated rings. The average molecular weight is 564 g/mol. The first-order valence-corrected chi connectivity index (χ1v) is 14.9. The molecule has 1 aromatic heterocycles. The van der Waals surface area contributed by atoms with Crippen molar-refractivity contribution in [3.05, 3.63) is 161 Å². The summed E-state index contributed by atoms with van der Waals surface area (Å²) in [5.74, 6) is 0.725. The van der Waals surface area contributed by atoms with E-state index in [1.54, 1.807) is 6.20 Å². The number of hydrogen-bond donors (Lipinski definition) is 0. The number of fused-ring (bicyclic) bond motifs is 1. The first-order valence-electron chi connectivity index (χ1n) is 14.9. The molecule has 43 heavy (non-hydrogen) atoms. The largest absolute Gasteiger partial charge is 0.550 e. The fraction of sp³-hybridized carbons (Fsp3) is 0.132. The van der Waals surface area contributed by atoms with Gasteiger partial charge in [-0.3, -0.25) is 14.6 Å². The summed E-state index contributed by atoms with van der Waals surface area (Å²) in [7, 11) is 0. The highest BCUT2D eigenvalue weighted by Crippen LogP contribution is 2.28. The zero-order valence-corrected chi connectivity index (χ0v) is 24.6. The van der Waals surface area contributed by atoms with Crippen molar-refractivity contribution in [3.63, 3.8) is 0 Å². The molecular formula is C38H34BNO3.